The summed E-state index contributed by atoms with van der Waals surface area (Å²) in [5, 5.41) is 18.4. The van der Waals surface area contributed by atoms with E-state index in [9.17, 15) is 5.11 Å². The Balaban J connectivity index is 1.82. The molecule has 0 aliphatic rings. The zero-order valence-corrected chi connectivity index (χ0v) is 14.0. The Bertz CT molecular complexity index is 805. The Labute approximate surface area is 145 Å². The van der Waals surface area contributed by atoms with Crippen LogP contribution >= 0.6 is 11.6 Å². The fourth-order valence-corrected chi connectivity index (χ4v) is 2.59. The van der Waals surface area contributed by atoms with Crippen LogP contribution in [-0.4, -0.2) is 15.2 Å². The lowest BCUT2D eigenvalue weighted by molar-refractivity contribution is 0.221. The average molecular weight is 344 g/mol. The fourth-order valence-electron chi connectivity index (χ4n) is 2.41. The summed E-state index contributed by atoms with van der Waals surface area (Å²) in [7, 11) is 0. The van der Waals surface area contributed by atoms with Crippen molar-refractivity contribution in [2.75, 3.05) is 5.32 Å². The second kappa shape index (κ2) is 7.47. The molecule has 1 heterocycles. The molecule has 0 spiro atoms. The predicted octanol–water partition coefficient (Wildman–Crippen LogP) is 3.98. The molecule has 5 nitrogen and oxygen atoms in total. The van der Waals surface area contributed by atoms with Gasteiger partial charge in [0.25, 0.3) is 0 Å². The molecule has 1 aromatic heterocycles. The summed E-state index contributed by atoms with van der Waals surface area (Å²) in [6.07, 6.45) is -0.0520. The van der Waals surface area contributed by atoms with Crippen LogP contribution in [0, 0.1) is 0 Å². The van der Waals surface area contributed by atoms with Gasteiger partial charge in [-0.25, -0.2) is 0 Å². The van der Waals surface area contributed by atoms with Gasteiger partial charge >= 0.3 is 0 Å². The summed E-state index contributed by atoms with van der Waals surface area (Å²) in [6.45, 7) is 2.35. The standard InChI is InChI=1S/C18H18ClN3O2/c1-2-16-21-17(24-22-16)11-20-15-9-8-13(19)10-14(15)18(23)12-6-4-3-5-7-12/h3-10,18,20,23H,2,11H2,1H3. The Morgan fingerprint density at radius 2 is 2.00 bits per heavy atom. The number of aliphatic hydroxyl groups is 1. The fraction of sp³-hybridized carbons (Fsp3) is 0.222. The molecule has 0 saturated carbocycles. The highest BCUT2D eigenvalue weighted by Crippen LogP contribution is 2.31. The molecule has 0 radical (unpaired) electrons. The van der Waals surface area contributed by atoms with Gasteiger partial charge in [0.15, 0.2) is 5.82 Å². The molecule has 6 heteroatoms. The lowest BCUT2D eigenvalue weighted by atomic mass is 10.00. The number of aryl methyl sites for hydroxylation is 1. The van der Waals surface area contributed by atoms with Crippen LogP contribution in [0.1, 0.15) is 35.9 Å². The third-order valence-corrected chi connectivity index (χ3v) is 3.92. The maximum atomic E-state index is 10.7. The molecule has 124 valence electrons. The first-order chi connectivity index (χ1) is 11.7. The summed E-state index contributed by atoms with van der Waals surface area (Å²) in [5.74, 6) is 1.18. The third kappa shape index (κ3) is 3.75. The van der Waals surface area contributed by atoms with Crippen molar-refractivity contribution < 1.29 is 9.63 Å². The lowest BCUT2D eigenvalue weighted by Crippen LogP contribution is -2.07. The maximum Gasteiger partial charge on any atom is 0.245 e. The van der Waals surface area contributed by atoms with Crippen molar-refractivity contribution in [1.29, 1.82) is 0 Å². The van der Waals surface area contributed by atoms with E-state index in [2.05, 4.69) is 15.5 Å². The molecule has 0 amide bonds. The number of hydrogen-bond acceptors (Lipinski definition) is 5. The number of halogens is 1. The van der Waals surface area contributed by atoms with Gasteiger partial charge in [-0.15, -0.1) is 0 Å². The van der Waals surface area contributed by atoms with Crippen molar-refractivity contribution in [3.63, 3.8) is 0 Å². The summed E-state index contributed by atoms with van der Waals surface area (Å²) < 4.78 is 5.17. The molecule has 24 heavy (non-hydrogen) atoms. The molecule has 3 rings (SSSR count). The van der Waals surface area contributed by atoms with Crippen LogP contribution in [0.5, 0.6) is 0 Å². The van der Waals surface area contributed by atoms with E-state index in [1.165, 1.54) is 0 Å². The van der Waals surface area contributed by atoms with E-state index in [1.54, 1.807) is 12.1 Å². The molecule has 2 aromatic carbocycles. The predicted molar refractivity (Wildman–Crippen MR) is 93.0 cm³/mol. The summed E-state index contributed by atoms with van der Waals surface area (Å²) in [6, 6.07) is 14.8. The molecule has 0 aliphatic heterocycles. The van der Waals surface area contributed by atoms with E-state index in [0.29, 0.717) is 28.8 Å². The Morgan fingerprint density at radius 3 is 2.71 bits per heavy atom. The van der Waals surface area contributed by atoms with E-state index in [4.69, 9.17) is 16.1 Å². The Kier molecular flexibility index (Phi) is 5.13. The van der Waals surface area contributed by atoms with Gasteiger partial charge in [-0.2, -0.15) is 4.98 Å². The first-order valence-corrected chi connectivity index (χ1v) is 8.13. The number of benzene rings is 2. The van der Waals surface area contributed by atoms with Gasteiger partial charge in [-0.3, -0.25) is 0 Å². The molecule has 0 saturated heterocycles. The molecule has 3 aromatic rings. The lowest BCUT2D eigenvalue weighted by Gasteiger charge is -2.17. The topological polar surface area (TPSA) is 71.2 Å². The minimum absolute atomic E-state index is 0.378. The minimum atomic E-state index is -0.777. The molecule has 0 fully saturated rings. The van der Waals surface area contributed by atoms with E-state index < -0.39 is 6.10 Å². The van der Waals surface area contributed by atoms with Gasteiger partial charge in [-0.05, 0) is 23.8 Å². The van der Waals surface area contributed by atoms with Gasteiger partial charge in [-0.1, -0.05) is 54.0 Å². The highest BCUT2D eigenvalue weighted by atomic mass is 35.5. The number of rotatable bonds is 6. The number of aliphatic hydroxyl groups excluding tert-OH is 1. The molecule has 2 N–H and O–H groups in total. The highest BCUT2D eigenvalue weighted by Gasteiger charge is 2.16. The normalized spacial score (nSPS) is 12.1. The smallest absolute Gasteiger partial charge is 0.245 e. The van der Waals surface area contributed by atoms with Crippen LogP contribution in [0.3, 0.4) is 0 Å². The van der Waals surface area contributed by atoms with Gasteiger partial charge in [0, 0.05) is 22.7 Å². The molecular weight excluding hydrogens is 326 g/mol. The molecule has 1 unspecified atom stereocenters. The van der Waals surface area contributed by atoms with Crippen LogP contribution in [0.2, 0.25) is 5.02 Å². The highest BCUT2D eigenvalue weighted by molar-refractivity contribution is 6.30. The monoisotopic (exact) mass is 343 g/mol. The number of nitrogens with zero attached hydrogens (tertiary/aromatic N) is 2. The van der Waals surface area contributed by atoms with Crippen molar-refractivity contribution in [3.8, 4) is 0 Å². The molecule has 1 atom stereocenters. The summed E-state index contributed by atoms with van der Waals surface area (Å²) >= 11 is 6.11. The second-order valence-corrected chi connectivity index (χ2v) is 5.79. The van der Waals surface area contributed by atoms with Crippen LogP contribution in [-0.2, 0) is 13.0 Å². The van der Waals surface area contributed by atoms with Crippen molar-refractivity contribution in [2.45, 2.75) is 26.0 Å². The molecule has 0 aliphatic carbocycles. The van der Waals surface area contributed by atoms with E-state index in [0.717, 1.165) is 17.7 Å². The minimum Gasteiger partial charge on any atom is -0.384 e. The van der Waals surface area contributed by atoms with Crippen LogP contribution < -0.4 is 5.32 Å². The van der Waals surface area contributed by atoms with Crippen molar-refractivity contribution >= 4 is 17.3 Å². The van der Waals surface area contributed by atoms with Crippen LogP contribution in [0.4, 0.5) is 5.69 Å². The SMILES string of the molecule is CCc1noc(CNc2ccc(Cl)cc2C(O)c2ccccc2)n1. The van der Waals surface area contributed by atoms with Crippen LogP contribution in [0.15, 0.2) is 53.1 Å². The average Bonchev–Trinajstić information content (AvgIpc) is 3.09. The molecule has 0 bridgehead atoms. The van der Waals surface area contributed by atoms with Crippen molar-refractivity contribution in [1.82, 2.24) is 10.1 Å². The second-order valence-electron chi connectivity index (χ2n) is 5.36. The van der Waals surface area contributed by atoms with E-state index in [-0.39, 0.29) is 0 Å². The van der Waals surface area contributed by atoms with Gasteiger partial charge < -0.3 is 14.9 Å². The van der Waals surface area contributed by atoms with E-state index >= 15 is 0 Å². The van der Waals surface area contributed by atoms with Crippen molar-refractivity contribution in [2.24, 2.45) is 0 Å². The Morgan fingerprint density at radius 1 is 1.21 bits per heavy atom. The molecular formula is C18H18ClN3O2. The van der Waals surface area contributed by atoms with Gasteiger partial charge in [0.05, 0.1) is 6.54 Å². The van der Waals surface area contributed by atoms with Gasteiger partial charge in [0.1, 0.15) is 6.10 Å². The zero-order chi connectivity index (χ0) is 16.9. The first-order valence-electron chi connectivity index (χ1n) is 7.75. The third-order valence-electron chi connectivity index (χ3n) is 3.68. The zero-order valence-electron chi connectivity index (χ0n) is 13.2. The number of hydrogen-bond donors (Lipinski definition) is 2. The summed E-state index contributed by atoms with van der Waals surface area (Å²) in [4.78, 5) is 4.27. The number of aromatic nitrogens is 2. The quantitative estimate of drug-likeness (QED) is 0.708. The van der Waals surface area contributed by atoms with E-state index in [1.807, 2.05) is 43.3 Å². The van der Waals surface area contributed by atoms with Crippen LogP contribution in [0.25, 0.3) is 0 Å². The largest absolute Gasteiger partial charge is 0.384 e. The number of nitrogens with one attached hydrogen (secondary N) is 1. The first kappa shape index (κ1) is 16.5. The maximum absolute atomic E-state index is 10.7. The van der Waals surface area contributed by atoms with Crippen molar-refractivity contribution in [3.05, 3.63) is 76.4 Å². The summed E-state index contributed by atoms with van der Waals surface area (Å²) in [5.41, 5.74) is 2.27. The van der Waals surface area contributed by atoms with Gasteiger partial charge in [0.2, 0.25) is 5.89 Å². The Hall–Kier alpha value is -2.37. The number of anilines is 1.